The average Bonchev–Trinajstić information content (AvgIpc) is 3.15. The molecule has 2 aromatic heterocycles. The van der Waals surface area contributed by atoms with Gasteiger partial charge in [0.25, 0.3) is 0 Å². The minimum Gasteiger partial charge on any atom is -0.256 e. The third kappa shape index (κ3) is 4.12. The van der Waals surface area contributed by atoms with Gasteiger partial charge in [0.05, 0.1) is 22.8 Å². The first-order valence-electron chi connectivity index (χ1n) is 7.89. The van der Waals surface area contributed by atoms with Gasteiger partial charge in [-0.2, -0.15) is 11.3 Å². The van der Waals surface area contributed by atoms with Crippen molar-refractivity contribution in [3.8, 4) is 11.3 Å². The zero-order chi connectivity index (χ0) is 17.9. The van der Waals surface area contributed by atoms with Gasteiger partial charge in [-0.15, -0.1) is 0 Å². The molecule has 0 amide bonds. The Morgan fingerprint density at radius 3 is 2.44 bits per heavy atom. The van der Waals surface area contributed by atoms with E-state index >= 15 is 0 Å². The molecule has 0 fully saturated rings. The monoisotopic (exact) mass is 373 g/mol. The average molecular weight is 374 g/mol. The Morgan fingerprint density at radius 2 is 1.80 bits per heavy atom. The fourth-order valence-electron chi connectivity index (χ4n) is 2.42. The van der Waals surface area contributed by atoms with Gasteiger partial charge in [-0.3, -0.25) is 9.97 Å². The van der Waals surface area contributed by atoms with Gasteiger partial charge in [0, 0.05) is 23.3 Å². The van der Waals surface area contributed by atoms with Gasteiger partial charge in [-0.25, -0.2) is 13.1 Å². The first-order chi connectivity index (χ1) is 12.0. The maximum absolute atomic E-state index is 12.5. The zero-order valence-corrected chi connectivity index (χ0v) is 15.6. The van der Waals surface area contributed by atoms with Crippen molar-refractivity contribution in [3.63, 3.8) is 0 Å². The summed E-state index contributed by atoms with van der Waals surface area (Å²) in [5.74, 6) is 0.359. The van der Waals surface area contributed by atoms with E-state index in [9.17, 15) is 8.42 Å². The molecule has 0 saturated carbocycles. The summed E-state index contributed by atoms with van der Waals surface area (Å²) in [6, 6.07) is 8.90. The molecule has 0 aliphatic rings. The van der Waals surface area contributed by atoms with Crippen molar-refractivity contribution in [2.24, 2.45) is 0 Å². The Morgan fingerprint density at radius 1 is 1.08 bits per heavy atom. The Bertz CT molecular complexity index is 935. The predicted molar refractivity (Wildman–Crippen MR) is 99.9 cm³/mol. The van der Waals surface area contributed by atoms with Crippen LogP contribution in [0.25, 0.3) is 11.3 Å². The molecule has 0 bridgehead atoms. The van der Waals surface area contributed by atoms with E-state index in [0.29, 0.717) is 17.3 Å². The summed E-state index contributed by atoms with van der Waals surface area (Å²) in [5, 5.41) is 3.92. The van der Waals surface area contributed by atoms with Crippen molar-refractivity contribution in [2.75, 3.05) is 0 Å². The molecule has 25 heavy (non-hydrogen) atoms. The molecule has 3 aromatic rings. The normalized spacial score (nSPS) is 11.8. The highest BCUT2D eigenvalue weighted by molar-refractivity contribution is 7.89. The molecule has 0 radical (unpaired) electrons. The van der Waals surface area contributed by atoms with Gasteiger partial charge in [0.15, 0.2) is 0 Å². The molecule has 0 aliphatic carbocycles. The van der Waals surface area contributed by atoms with Crippen LogP contribution in [0.5, 0.6) is 0 Å². The van der Waals surface area contributed by atoms with Crippen LogP contribution in [-0.2, 0) is 16.6 Å². The Labute approximate surface area is 151 Å². The quantitative estimate of drug-likeness (QED) is 0.713. The number of sulfonamides is 1. The molecule has 3 rings (SSSR count). The number of hydrogen-bond acceptors (Lipinski definition) is 5. The molecular weight excluding hydrogens is 354 g/mol. The Kier molecular flexibility index (Phi) is 5.27. The smallest absolute Gasteiger partial charge is 0.240 e. The lowest BCUT2D eigenvalue weighted by atomic mass is 10.0. The van der Waals surface area contributed by atoms with Crippen molar-refractivity contribution in [2.45, 2.75) is 31.2 Å². The lowest BCUT2D eigenvalue weighted by Crippen LogP contribution is -2.24. The van der Waals surface area contributed by atoms with Crippen molar-refractivity contribution < 1.29 is 8.42 Å². The first-order valence-corrected chi connectivity index (χ1v) is 10.3. The van der Waals surface area contributed by atoms with Crippen LogP contribution in [0.3, 0.4) is 0 Å². The van der Waals surface area contributed by atoms with E-state index in [0.717, 1.165) is 11.1 Å². The van der Waals surface area contributed by atoms with E-state index in [1.807, 2.05) is 29.0 Å². The van der Waals surface area contributed by atoms with Crippen LogP contribution >= 0.6 is 11.3 Å². The number of nitrogens with zero attached hydrogens (tertiary/aromatic N) is 2. The third-order valence-corrected chi connectivity index (χ3v) is 5.96. The molecule has 130 valence electrons. The SMILES string of the molecule is CC(C)c1ccc(S(=O)(=O)NCc2nccnc2-c2ccsc2)cc1. The Balaban J connectivity index is 1.79. The van der Waals surface area contributed by atoms with E-state index in [2.05, 4.69) is 28.5 Å². The number of thiophene rings is 1. The minimum atomic E-state index is -3.60. The van der Waals surface area contributed by atoms with Crippen molar-refractivity contribution in [3.05, 3.63) is 64.7 Å². The van der Waals surface area contributed by atoms with Gasteiger partial charge in [0.1, 0.15) is 0 Å². The summed E-state index contributed by atoms with van der Waals surface area (Å²) in [6.07, 6.45) is 3.17. The molecule has 0 atom stereocenters. The molecule has 0 unspecified atom stereocenters. The number of hydrogen-bond donors (Lipinski definition) is 1. The molecule has 2 heterocycles. The highest BCUT2D eigenvalue weighted by Gasteiger charge is 2.16. The minimum absolute atomic E-state index is 0.0906. The fraction of sp³-hybridized carbons (Fsp3) is 0.222. The molecule has 1 aromatic carbocycles. The van der Waals surface area contributed by atoms with Crippen LogP contribution in [0.1, 0.15) is 31.0 Å². The molecule has 5 nitrogen and oxygen atoms in total. The summed E-state index contributed by atoms with van der Waals surface area (Å²) in [7, 11) is -3.60. The van der Waals surface area contributed by atoms with Crippen LogP contribution in [-0.4, -0.2) is 18.4 Å². The van der Waals surface area contributed by atoms with Crippen LogP contribution in [0, 0.1) is 0 Å². The van der Waals surface area contributed by atoms with E-state index < -0.39 is 10.0 Å². The van der Waals surface area contributed by atoms with E-state index in [-0.39, 0.29) is 11.4 Å². The van der Waals surface area contributed by atoms with Crippen molar-refractivity contribution in [1.29, 1.82) is 0 Å². The van der Waals surface area contributed by atoms with E-state index in [1.54, 1.807) is 35.9 Å². The second-order valence-corrected chi connectivity index (χ2v) is 8.46. The summed E-state index contributed by atoms with van der Waals surface area (Å²) >= 11 is 1.56. The van der Waals surface area contributed by atoms with Gasteiger partial charge in [-0.05, 0) is 35.1 Å². The summed E-state index contributed by atoms with van der Waals surface area (Å²) < 4.78 is 27.7. The molecule has 0 aliphatic heterocycles. The highest BCUT2D eigenvalue weighted by atomic mass is 32.2. The summed E-state index contributed by atoms with van der Waals surface area (Å²) in [6.45, 7) is 4.23. The van der Waals surface area contributed by atoms with Gasteiger partial charge >= 0.3 is 0 Å². The number of benzene rings is 1. The zero-order valence-electron chi connectivity index (χ0n) is 14.0. The predicted octanol–water partition coefficient (Wildman–Crippen LogP) is 3.81. The lowest BCUT2D eigenvalue weighted by Gasteiger charge is -2.10. The number of nitrogens with one attached hydrogen (secondary N) is 1. The van der Waals surface area contributed by atoms with Gasteiger partial charge < -0.3 is 0 Å². The van der Waals surface area contributed by atoms with E-state index in [4.69, 9.17) is 0 Å². The second-order valence-electron chi connectivity index (χ2n) is 5.91. The van der Waals surface area contributed by atoms with Gasteiger partial charge in [0.2, 0.25) is 10.0 Å². The molecular formula is C18H19N3O2S2. The topological polar surface area (TPSA) is 72.0 Å². The highest BCUT2D eigenvalue weighted by Crippen LogP contribution is 2.23. The van der Waals surface area contributed by atoms with Crippen LogP contribution in [0.4, 0.5) is 0 Å². The largest absolute Gasteiger partial charge is 0.256 e. The lowest BCUT2D eigenvalue weighted by molar-refractivity contribution is 0.580. The molecule has 0 spiro atoms. The van der Waals surface area contributed by atoms with Crippen LogP contribution in [0.2, 0.25) is 0 Å². The van der Waals surface area contributed by atoms with Crippen molar-refractivity contribution >= 4 is 21.4 Å². The number of aromatic nitrogens is 2. The number of rotatable bonds is 6. The fourth-order valence-corrected chi connectivity index (χ4v) is 4.04. The van der Waals surface area contributed by atoms with Gasteiger partial charge in [-0.1, -0.05) is 26.0 Å². The molecule has 1 N–H and O–H groups in total. The standard InChI is InChI=1S/C18H19N3O2S2/c1-13(2)14-3-5-16(6-4-14)25(22,23)21-11-17-18(20-9-8-19-17)15-7-10-24-12-15/h3-10,12-13,21H,11H2,1-2H3. The van der Waals surface area contributed by atoms with Crippen LogP contribution in [0.15, 0.2) is 58.4 Å². The summed E-state index contributed by atoms with van der Waals surface area (Å²) in [4.78, 5) is 8.87. The maximum atomic E-state index is 12.5. The van der Waals surface area contributed by atoms with Crippen molar-refractivity contribution in [1.82, 2.24) is 14.7 Å². The third-order valence-electron chi connectivity index (χ3n) is 3.86. The second kappa shape index (κ2) is 7.43. The van der Waals surface area contributed by atoms with E-state index in [1.165, 1.54) is 0 Å². The first kappa shape index (κ1) is 17.7. The molecule has 7 heteroatoms. The summed E-state index contributed by atoms with van der Waals surface area (Å²) in [5.41, 5.74) is 3.34. The maximum Gasteiger partial charge on any atom is 0.240 e. The Hall–Kier alpha value is -2.09. The molecule has 0 saturated heterocycles. The van der Waals surface area contributed by atoms with Crippen LogP contribution < -0.4 is 4.72 Å².